The molecule has 0 saturated carbocycles. The van der Waals surface area contributed by atoms with Crippen LogP contribution in [0.4, 0.5) is 13.2 Å². The first-order chi connectivity index (χ1) is 12.4. The number of rotatable bonds is 5. The van der Waals surface area contributed by atoms with Gasteiger partial charge in [-0.15, -0.1) is 0 Å². The van der Waals surface area contributed by atoms with Crippen molar-refractivity contribution < 1.29 is 17.9 Å². The predicted molar refractivity (Wildman–Crippen MR) is 94.7 cm³/mol. The van der Waals surface area contributed by atoms with Crippen LogP contribution in [0.5, 0.6) is 0 Å². The van der Waals surface area contributed by atoms with Crippen LogP contribution in [-0.2, 0) is 10.9 Å². The van der Waals surface area contributed by atoms with Crippen molar-refractivity contribution in [3.05, 3.63) is 35.4 Å². The van der Waals surface area contributed by atoms with Crippen molar-refractivity contribution in [2.75, 3.05) is 45.9 Å². The predicted octanol–water partition coefficient (Wildman–Crippen LogP) is 1.68. The molecule has 8 heteroatoms. The third-order valence-electron chi connectivity index (χ3n) is 3.80. The van der Waals surface area contributed by atoms with Crippen molar-refractivity contribution >= 4 is 5.96 Å². The summed E-state index contributed by atoms with van der Waals surface area (Å²) in [5, 5.41) is 2.83. The Hall–Kier alpha value is -2.24. The smallest absolute Gasteiger partial charge is 0.379 e. The summed E-state index contributed by atoms with van der Waals surface area (Å²) in [5.74, 6) is 5.71. The standard InChI is InChI=1S/C18H23F3N4O/c19-18(20,21)16-6-1-4-15(14-16)5-2-7-23-17(22)24-8-3-9-25-10-12-26-13-11-25/h1,4,6,14H,3,7-13H2,(H3,22,23,24). The number of alkyl halides is 3. The number of ether oxygens (including phenoxy) is 1. The van der Waals surface area contributed by atoms with Gasteiger partial charge in [0.25, 0.3) is 0 Å². The molecule has 26 heavy (non-hydrogen) atoms. The Bertz CT molecular complexity index is 658. The molecule has 1 fully saturated rings. The zero-order valence-corrected chi connectivity index (χ0v) is 14.5. The molecular formula is C18H23F3N4O. The second-order valence-electron chi connectivity index (χ2n) is 5.81. The maximum absolute atomic E-state index is 12.6. The highest BCUT2D eigenvalue weighted by Gasteiger charge is 2.30. The van der Waals surface area contributed by atoms with Crippen molar-refractivity contribution in [3.63, 3.8) is 0 Å². The van der Waals surface area contributed by atoms with Gasteiger partial charge in [-0.2, -0.15) is 13.2 Å². The summed E-state index contributed by atoms with van der Waals surface area (Å²) < 4.78 is 43.2. The van der Waals surface area contributed by atoms with E-state index < -0.39 is 11.7 Å². The van der Waals surface area contributed by atoms with Gasteiger partial charge in [0, 0.05) is 31.7 Å². The molecule has 142 valence electrons. The van der Waals surface area contributed by atoms with Gasteiger partial charge in [0.1, 0.15) is 0 Å². The summed E-state index contributed by atoms with van der Waals surface area (Å²) in [6.45, 7) is 5.22. The van der Waals surface area contributed by atoms with E-state index in [0.717, 1.165) is 51.4 Å². The van der Waals surface area contributed by atoms with Crippen molar-refractivity contribution in [3.8, 4) is 11.8 Å². The highest BCUT2D eigenvalue weighted by Crippen LogP contribution is 2.29. The van der Waals surface area contributed by atoms with Gasteiger partial charge in [-0.3, -0.25) is 9.89 Å². The lowest BCUT2D eigenvalue weighted by molar-refractivity contribution is -0.137. The molecule has 1 aromatic rings. The lowest BCUT2D eigenvalue weighted by Gasteiger charge is -2.26. The van der Waals surface area contributed by atoms with Crippen LogP contribution >= 0.6 is 0 Å². The Morgan fingerprint density at radius 2 is 2.08 bits per heavy atom. The van der Waals surface area contributed by atoms with E-state index in [4.69, 9.17) is 10.5 Å². The van der Waals surface area contributed by atoms with E-state index in [2.05, 4.69) is 27.0 Å². The largest absolute Gasteiger partial charge is 0.416 e. The second-order valence-corrected chi connectivity index (χ2v) is 5.81. The molecule has 1 saturated heterocycles. The van der Waals surface area contributed by atoms with Crippen molar-refractivity contribution in [2.24, 2.45) is 10.7 Å². The first-order valence-corrected chi connectivity index (χ1v) is 8.45. The molecule has 1 aromatic carbocycles. The van der Waals surface area contributed by atoms with Crippen LogP contribution in [0.3, 0.4) is 0 Å². The molecule has 0 radical (unpaired) electrons. The molecule has 2 rings (SSSR count). The van der Waals surface area contributed by atoms with E-state index in [1.807, 2.05) is 0 Å². The third-order valence-corrected chi connectivity index (χ3v) is 3.80. The van der Waals surface area contributed by atoms with Crippen LogP contribution in [0.25, 0.3) is 0 Å². The van der Waals surface area contributed by atoms with Gasteiger partial charge in [-0.05, 0) is 24.6 Å². The molecule has 0 bridgehead atoms. The fourth-order valence-corrected chi connectivity index (χ4v) is 2.43. The Labute approximate surface area is 151 Å². The highest BCUT2D eigenvalue weighted by molar-refractivity contribution is 5.78. The zero-order chi connectivity index (χ0) is 18.8. The third kappa shape index (κ3) is 7.33. The van der Waals surface area contributed by atoms with Gasteiger partial charge in [0.05, 0.1) is 25.3 Å². The van der Waals surface area contributed by atoms with Gasteiger partial charge in [-0.1, -0.05) is 17.9 Å². The summed E-state index contributed by atoms with van der Waals surface area (Å²) in [7, 11) is 0. The van der Waals surface area contributed by atoms with E-state index in [9.17, 15) is 13.2 Å². The fourth-order valence-electron chi connectivity index (χ4n) is 2.43. The van der Waals surface area contributed by atoms with Crippen molar-refractivity contribution in [1.82, 2.24) is 10.2 Å². The number of benzene rings is 1. The molecule has 0 aliphatic carbocycles. The summed E-state index contributed by atoms with van der Waals surface area (Å²) in [6, 6.07) is 4.91. The van der Waals surface area contributed by atoms with E-state index in [-0.39, 0.29) is 12.5 Å². The van der Waals surface area contributed by atoms with Crippen LogP contribution in [0.15, 0.2) is 29.3 Å². The Morgan fingerprint density at radius 3 is 2.81 bits per heavy atom. The van der Waals surface area contributed by atoms with Crippen LogP contribution < -0.4 is 11.1 Å². The summed E-state index contributed by atoms with van der Waals surface area (Å²) in [5.41, 5.74) is 5.34. The van der Waals surface area contributed by atoms with Crippen LogP contribution in [0.1, 0.15) is 17.5 Å². The second kappa shape index (κ2) is 10.0. The molecule has 1 aliphatic rings. The Morgan fingerprint density at radius 1 is 1.31 bits per heavy atom. The number of nitrogens with one attached hydrogen (secondary N) is 1. The highest BCUT2D eigenvalue weighted by atomic mass is 19.4. The molecule has 1 heterocycles. The molecule has 3 N–H and O–H groups in total. The van der Waals surface area contributed by atoms with Crippen molar-refractivity contribution in [1.29, 1.82) is 0 Å². The van der Waals surface area contributed by atoms with Crippen LogP contribution in [0, 0.1) is 11.8 Å². The molecule has 0 unspecified atom stereocenters. The number of hydrogen-bond donors (Lipinski definition) is 2. The number of aliphatic imine (C=N–C) groups is 1. The van der Waals surface area contributed by atoms with Crippen LogP contribution in [0.2, 0.25) is 0 Å². The van der Waals surface area contributed by atoms with Crippen LogP contribution in [-0.4, -0.2) is 56.8 Å². The van der Waals surface area contributed by atoms with Gasteiger partial charge in [0.2, 0.25) is 0 Å². The SMILES string of the molecule is NC(=NCCCN1CCOCC1)NCC#Cc1cccc(C(F)(F)F)c1. The molecule has 0 amide bonds. The number of halogens is 3. The number of nitrogens with two attached hydrogens (primary N) is 1. The first-order valence-electron chi connectivity index (χ1n) is 8.45. The number of guanidine groups is 1. The van der Waals surface area contributed by atoms with Gasteiger partial charge in [0.15, 0.2) is 5.96 Å². The minimum absolute atomic E-state index is 0.217. The quantitative estimate of drug-likeness (QED) is 0.359. The van der Waals surface area contributed by atoms with Crippen molar-refractivity contribution in [2.45, 2.75) is 12.6 Å². The fraction of sp³-hybridized carbons (Fsp3) is 0.500. The minimum Gasteiger partial charge on any atom is -0.379 e. The average Bonchev–Trinajstić information content (AvgIpc) is 2.63. The topological polar surface area (TPSA) is 62.9 Å². The van der Waals surface area contributed by atoms with Gasteiger partial charge >= 0.3 is 6.18 Å². The Kier molecular flexibility index (Phi) is 7.75. The van der Waals surface area contributed by atoms with E-state index in [1.165, 1.54) is 12.1 Å². The maximum Gasteiger partial charge on any atom is 0.416 e. The molecule has 0 atom stereocenters. The Balaban J connectivity index is 1.69. The summed E-state index contributed by atoms with van der Waals surface area (Å²) >= 11 is 0. The number of nitrogens with zero attached hydrogens (tertiary/aromatic N) is 2. The number of hydrogen-bond acceptors (Lipinski definition) is 3. The van der Waals surface area contributed by atoms with E-state index >= 15 is 0 Å². The lowest BCUT2D eigenvalue weighted by Crippen LogP contribution is -2.37. The minimum atomic E-state index is -4.37. The van der Waals surface area contributed by atoms with Gasteiger partial charge in [-0.25, -0.2) is 0 Å². The molecule has 0 aromatic heterocycles. The molecule has 1 aliphatic heterocycles. The van der Waals surface area contributed by atoms with E-state index in [0.29, 0.717) is 12.1 Å². The average molecular weight is 368 g/mol. The molecular weight excluding hydrogens is 345 g/mol. The number of morpholine rings is 1. The first kappa shape index (κ1) is 20.1. The van der Waals surface area contributed by atoms with E-state index in [1.54, 1.807) is 0 Å². The lowest BCUT2D eigenvalue weighted by atomic mass is 10.1. The van der Waals surface area contributed by atoms with Gasteiger partial charge < -0.3 is 15.8 Å². The monoisotopic (exact) mass is 368 g/mol. The summed E-state index contributed by atoms with van der Waals surface area (Å²) in [4.78, 5) is 6.53. The molecule has 0 spiro atoms. The zero-order valence-electron chi connectivity index (χ0n) is 14.5. The normalized spacial score (nSPS) is 16.0. The summed E-state index contributed by atoms with van der Waals surface area (Å²) in [6.07, 6.45) is -3.47. The maximum atomic E-state index is 12.6. The molecule has 5 nitrogen and oxygen atoms in total.